The predicted octanol–water partition coefficient (Wildman–Crippen LogP) is 0.646. The van der Waals surface area contributed by atoms with E-state index in [0.717, 1.165) is 13.1 Å². The molecular weight excluding hydrogens is 286 g/mol. The fourth-order valence-corrected chi connectivity index (χ4v) is 3.58. The summed E-state index contributed by atoms with van der Waals surface area (Å²) in [5, 5.41) is 4.73. The lowest BCUT2D eigenvalue weighted by Gasteiger charge is -2.34. The molecule has 2 aliphatic rings. The molecule has 0 spiro atoms. The minimum atomic E-state index is 1.05. The Morgan fingerprint density at radius 2 is 0.913 bits per heavy atom. The molecule has 2 fully saturated rings. The van der Waals surface area contributed by atoms with E-state index in [1.165, 1.54) is 91.4 Å². The first kappa shape index (κ1) is 19.1. The fourth-order valence-electron chi connectivity index (χ4n) is 3.58. The average Bonchev–Trinajstić information content (AvgIpc) is 2.62. The molecule has 23 heavy (non-hydrogen) atoms. The van der Waals surface area contributed by atoms with E-state index in [-0.39, 0.29) is 0 Å². The Morgan fingerprint density at radius 3 is 1.26 bits per heavy atom. The van der Waals surface area contributed by atoms with Crippen LogP contribution >= 0.6 is 0 Å². The van der Waals surface area contributed by atoms with Crippen LogP contribution in [0.3, 0.4) is 0 Å². The summed E-state index contributed by atoms with van der Waals surface area (Å²) in [7, 11) is 0. The van der Waals surface area contributed by atoms with E-state index in [4.69, 9.17) is 5.32 Å². The van der Waals surface area contributed by atoms with Crippen LogP contribution in [-0.4, -0.2) is 111 Å². The van der Waals surface area contributed by atoms with Crippen molar-refractivity contribution in [2.45, 2.75) is 26.7 Å². The van der Waals surface area contributed by atoms with Gasteiger partial charge in [0.25, 0.3) is 0 Å². The van der Waals surface area contributed by atoms with Gasteiger partial charge < -0.3 is 19.6 Å². The molecule has 0 bridgehead atoms. The van der Waals surface area contributed by atoms with Crippen molar-refractivity contribution in [2.75, 3.05) is 91.6 Å². The molecule has 2 aliphatic heterocycles. The van der Waals surface area contributed by atoms with Crippen LogP contribution in [0.4, 0.5) is 0 Å². The maximum atomic E-state index is 4.73. The molecule has 0 aromatic carbocycles. The SMILES string of the molecule is CCN1CCN(CCC[N]CCCN2CCN(CC)CC2)CC1. The van der Waals surface area contributed by atoms with Gasteiger partial charge in [-0.15, -0.1) is 0 Å². The van der Waals surface area contributed by atoms with Gasteiger partial charge in [0.1, 0.15) is 0 Å². The summed E-state index contributed by atoms with van der Waals surface area (Å²) < 4.78 is 0. The first-order valence-electron chi connectivity index (χ1n) is 9.84. The third-order valence-electron chi connectivity index (χ3n) is 5.41. The summed E-state index contributed by atoms with van der Waals surface area (Å²) >= 11 is 0. The van der Waals surface area contributed by atoms with Crippen molar-refractivity contribution in [3.05, 3.63) is 0 Å². The van der Waals surface area contributed by atoms with Crippen LogP contribution in [0.2, 0.25) is 0 Å². The standard InChI is InChI=1S/C18H38N5/c1-3-20-11-15-22(16-12-20)9-5-7-19-8-6-10-23-17-13-21(4-2)14-18-23/h3-18H2,1-2H3. The van der Waals surface area contributed by atoms with Crippen molar-refractivity contribution in [3.8, 4) is 0 Å². The molecule has 0 amide bonds. The van der Waals surface area contributed by atoms with Crippen molar-refractivity contribution in [1.82, 2.24) is 24.9 Å². The van der Waals surface area contributed by atoms with Crippen LogP contribution in [0.25, 0.3) is 0 Å². The zero-order valence-electron chi connectivity index (χ0n) is 15.5. The Balaban J connectivity index is 1.37. The van der Waals surface area contributed by atoms with E-state index < -0.39 is 0 Å². The Kier molecular flexibility index (Phi) is 9.46. The number of hydrogen-bond acceptors (Lipinski definition) is 4. The summed E-state index contributed by atoms with van der Waals surface area (Å²) in [5.74, 6) is 0. The lowest BCUT2D eigenvalue weighted by Crippen LogP contribution is -2.46. The van der Waals surface area contributed by atoms with Crippen LogP contribution in [0, 0.1) is 0 Å². The van der Waals surface area contributed by atoms with Crippen LogP contribution < -0.4 is 5.32 Å². The van der Waals surface area contributed by atoms with E-state index in [0.29, 0.717) is 0 Å². The minimum Gasteiger partial charge on any atom is -0.301 e. The Morgan fingerprint density at radius 1 is 0.565 bits per heavy atom. The molecule has 0 saturated carbocycles. The van der Waals surface area contributed by atoms with E-state index in [2.05, 4.69) is 33.4 Å². The van der Waals surface area contributed by atoms with Crippen LogP contribution in [-0.2, 0) is 0 Å². The smallest absolute Gasteiger partial charge is 0.0145 e. The zero-order valence-corrected chi connectivity index (χ0v) is 15.5. The summed E-state index contributed by atoms with van der Waals surface area (Å²) in [6, 6.07) is 0. The van der Waals surface area contributed by atoms with Gasteiger partial charge in [-0.1, -0.05) is 13.8 Å². The zero-order chi connectivity index (χ0) is 16.3. The molecule has 135 valence electrons. The van der Waals surface area contributed by atoms with Gasteiger partial charge in [0.05, 0.1) is 0 Å². The number of rotatable bonds is 10. The van der Waals surface area contributed by atoms with Gasteiger partial charge in [-0.25, -0.2) is 5.32 Å². The average molecular weight is 325 g/mol. The molecule has 0 aliphatic carbocycles. The maximum absolute atomic E-state index is 4.73. The number of likely N-dealkylation sites (N-methyl/N-ethyl adjacent to an activating group) is 2. The molecule has 5 nitrogen and oxygen atoms in total. The molecular formula is C18H38N5. The molecule has 5 heteroatoms. The molecule has 2 heterocycles. The third-order valence-corrected chi connectivity index (χ3v) is 5.41. The number of piperazine rings is 2. The van der Waals surface area contributed by atoms with Crippen LogP contribution in [0.5, 0.6) is 0 Å². The quantitative estimate of drug-likeness (QED) is 0.551. The topological polar surface area (TPSA) is 27.1 Å². The van der Waals surface area contributed by atoms with E-state index in [9.17, 15) is 0 Å². The van der Waals surface area contributed by atoms with E-state index in [1.54, 1.807) is 0 Å². The molecule has 0 aromatic rings. The van der Waals surface area contributed by atoms with Gasteiger partial charge in [-0.05, 0) is 39.0 Å². The van der Waals surface area contributed by atoms with Gasteiger partial charge in [0.15, 0.2) is 0 Å². The van der Waals surface area contributed by atoms with Crippen molar-refractivity contribution in [3.63, 3.8) is 0 Å². The van der Waals surface area contributed by atoms with Gasteiger partial charge in [0.2, 0.25) is 0 Å². The Bertz CT molecular complexity index is 255. The van der Waals surface area contributed by atoms with E-state index >= 15 is 0 Å². The van der Waals surface area contributed by atoms with Gasteiger partial charge in [-0.3, -0.25) is 0 Å². The van der Waals surface area contributed by atoms with Gasteiger partial charge in [-0.2, -0.15) is 0 Å². The summed E-state index contributed by atoms with van der Waals surface area (Å²) in [5.41, 5.74) is 0. The molecule has 0 unspecified atom stereocenters. The van der Waals surface area contributed by atoms with Crippen molar-refractivity contribution in [2.24, 2.45) is 0 Å². The first-order valence-corrected chi connectivity index (χ1v) is 9.84. The normalized spacial score (nSPS) is 22.7. The van der Waals surface area contributed by atoms with Crippen LogP contribution in [0.1, 0.15) is 26.7 Å². The second-order valence-corrected chi connectivity index (χ2v) is 6.93. The predicted molar refractivity (Wildman–Crippen MR) is 98.2 cm³/mol. The van der Waals surface area contributed by atoms with Crippen molar-refractivity contribution >= 4 is 0 Å². The third kappa shape index (κ3) is 7.48. The van der Waals surface area contributed by atoms with Gasteiger partial charge >= 0.3 is 0 Å². The molecule has 2 rings (SSSR count). The molecule has 0 atom stereocenters. The lowest BCUT2D eigenvalue weighted by molar-refractivity contribution is 0.134. The van der Waals surface area contributed by atoms with Crippen molar-refractivity contribution < 1.29 is 0 Å². The molecule has 0 aromatic heterocycles. The highest BCUT2D eigenvalue weighted by atomic mass is 15.3. The minimum absolute atomic E-state index is 1.05. The lowest BCUT2D eigenvalue weighted by atomic mass is 10.2. The Hall–Kier alpha value is -0.200. The monoisotopic (exact) mass is 324 g/mol. The largest absolute Gasteiger partial charge is 0.301 e. The van der Waals surface area contributed by atoms with Crippen LogP contribution in [0.15, 0.2) is 0 Å². The molecule has 1 radical (unpaired) electrons. The fraction of sp³-hybridized carbons (Fsp3) is 1.00. The maximum Gasteiger partial charge on any atom is 0.0145 e. The number of hydrogen-bond donors (Lipinski definition) is 0. The molecule has 2 saturated heterocycles. The highest BCUT2D eigenvalue weighted by Crippen LogP contribution is 2.03. The molecule has 0 N–H and O–H groups in total. The second kappa shape index (κ2) is 11.4. The second-order valence-electron chi connectivity index (χ2n) is 6.93. The van der Waals surface area contributed by atoms with E-state index in [1.807, 2.05) is 0 Å². The highest BCUT2D eigenvalue weighted by Gasteiger charge is 2.15. The summed E-state index contributed by atoms with van der Waals surface area (Å²) in [6.07, 6.45) is 2.47. The summed E-state index contributed by atoms with van der Waals surface area (Å²) in [4.78, 5) is 10.3. The number of nitrogens with zero attached hydrogens (tertiary/aromatic N) is 5. The first-order chi connectivity index (χ1) is 11.3. The van der Waals surface area contributed by atoms with Crippen molar-refractivity contribution in [1.29, 1.82) is 0 Å². The highest BCUT2D eigenvalue weighted by molar-refractivity contribution is 4.72. The van der Waals surface area contributed by atoms with Gasteiger partial charge in [0, 0.05) is 65.4 Å². The summed E-state index contributed by atoms with van der Waals surface area (Å²) in [6.45, 7) is 21.5. The Labute approximate surface area is 144 Å².